The first kappa shape index (κ1) is 29.3. The Kier molecular flexibility index (Phi) is 9.26. The number of anilines is 1. The summed E-state index contributed by atoms with van der Waals surface area (Å²) in [6.07, 6.45) is 1.12. The quantitative estimate of drug-likeness (QED) is 0.185. The third-order valence-corrected chi connectivity index (χ3v) is 7.27. The van der Waals surface area contributed by atoms with E-state index in [2.05, 4.69) is 5.32 Å². The van der Waals surface area contributed by atoms with Gasteiger partial charge in [0.05, 0.1) is 34.8 Å². The van der Waals surface area contributed by atoms with E-state index >= 15 is 0 Å². The topological polar surface area (TPSA) is 93.5 Å². The zero-order chi connectivity index (χ0) is 30.2. The Morgan fingerprint density at radius 2 is 1.51 bits per heavy atom. The molecule has 5 rings (SSSR count). The van der Waals surface area contributed by atoms with Crippen molar-refractivity contribution in [1.29, 1.82) is 0 Å². The Morgan fingerprint density at radius 3 is 2.19 bits per heavy atom. The molecule has 0 saturated heterocycles. The molecule has 0 aliphatic heterocycles. The molecule has 0 bridgehead atoms. The molecule has 0 radical (unpaired) electrons. The number of hydrogen-bond donors (Lipinski definition) is 1. The number of fused-ring (bicyclic) bond motifs is 1. The molecule has 1 unspecified atom stereocenters. The zero-order valence-electron chi connectivity index (χ0n) is 24.3. The van der Waals surface area contributed by atoms with Crippen molar-refractivity contribution >= 4 is 28.6 Å². The molecule has 4 aromatic carbocycles. The van der Waals surface area contributed by atoms with Gasteiger partial charge in [-0.15, -0.1) is 0 Å². The second-order valence-corrected chi connectivity index (χ2v) is 10.0. The van der Waals surface area contributed by atoms with Crippen LogP contribution in [0.4, 0.5) is 10.5 Å². The number of carbonyl (C=O) groups is 2. The van der Waals surface area contributed by atoms with Gasteiger partial charge in [-0.1, -0.05) is 67.6 Å². The predicted octanol–water partition coefficient (Wildman–Crippen LogP) is 6.79. The highest BCUT2D eigenvalue weighted by Crippen LogP contribution is 2.27. The molecule has 0 aliphatic rings. The smallest absolute Gasteiger partial charge is 0.338 e. The van der Waals surface area contributed by atoms with Gasteiger partial charge >= 0.3 is 12.0 Å². The van der Waals surface area contributed by atoms with Gasteiger partial charge in [0.15, 0.2) is 0 Å². The van der Waals surface area contributed by atoms with E-state index in [1.165, 1.54) is 0 Å². The molecule has 8 heteroatoms. The Morgan fingerprint density at radius 1 is 0.860 bits per heavy atom. The second kappa shape index (κ2) is 13.6. The van der Waals surface area contributed by atoms with Crippen LogP contribution in [0.15, 0.2) is 114 Å². The number of aromatic nitrogens is 2. The summed E-state index contributed by atoms with van der Waals surface area (Å²) in [6, 6.07) is 32.3. The van der Waals surface area contributed by atoms with Crippen molar-refractivity contribution in [3.63, 3.8) is 0 Å². The van der Waals surface area contributed by atoms with Crippen LogP contribution in [-0.4, -0.2) is 39.6 Å². The van der Waals surface area contributed by atoms with E-state index in [9.17, 15) is 14.4 Å². The van der Waals surface area contributed by atoms with E-state index < -0.39 is 12.0 Å². The molecule has 5 aromatic rings. The summed E-state index contributed by atoms with van der Waals surface area (Å²) in [4.78, 5) is 46.8. The van der Waals surface area contributed by atoms with Crippen molar-refractivity contribution in [1.82, 2.24) is 14.5 Å². The number of nitrogens with one attached hydrogen (secondary N) is 1. The molecule has 1 aromatic heterocycles. The van der Waals surface area contributed by atoms with Crippen LogP contribution >= 0.6 is 0 Å². The maximum Gasteiger partial charge on any atom is 0.338 e. The third kappa shape index (κ3) is 6.64. The lowest BCUT2D eigenvalue weighted by Gasteiger charge is -2.32. The molecule has 1 heterocycles. The van der Waals surface area contributed by atoms with Crippen molar-refractivity contribution in [2.75, 3.05) is 18.5 Å². The fourth-order valence-electron chi connectivity index (χ4n) is 5.13. The van der Waals surface area contributed by atoms with Crippen molar-refractivity contribution in [3.05, 3.63) is 136 Å². The van der Waals surface area contributed by atoms with E-state index in [1.54, 1.807) is 46.7 Å². The van der Waals surface area contributed by atoms with Gasteiger partial charge in [-0.25, -0.2) is 14.6 Å². The molecule has 1 atom stereocenters. The molecule has 0 spiro atoms. The van der Waals surface area contributed by atoms with Gasteiger partial charge in [-0.3, -0.25) is 9.36 Å². The second-order valence-electron chi connectivity index (χ2n) is 10.0. The van der Waals surface area contributed by atoms with Crippen molar-refractivity contribution in [2.24, 2.45) is 0 Å². The van der Waals surface area contributed by atoms with Gasteiger partial charge in [0.25, 0.3) is 5.56 Å². The van der Waals surface area contributed by atoms with Crippen LogP contribution in [0.3, 0.4) is 0 Å². The monoisotopic (exact) mass is 574 g/mol. The lowest BCUT2D eigenvalue weighted by molar-refractivity contribution is 0.0526. The third-order valence-electron chi connectivity index (χ3n) is 7.27. The summed E-state index contributed by atoms with van der Waals surface area (Å²) < 4.78 is 6.69. The molecular weight excluding hydrogens is 540 g/mol. The number of esters is 1. The average molecular weight is 575 g/mol. The average Bonchev–Trinajstić information content (AvgIpc) is 3.04. The van der Waals surface area contributed by atoms with Gasteiger partial charge in [0.1, 0.15) is 5.82 Å². The van der Waals surface area contributed by atoms with Gasteiger partial charge in [0.2, 0.25) is 0 Å². The molecule has 1 N–H and O–H groups in total. The van der Waals surface area contributed by atoms with Gasteiger partial charge in [-0.05, 0) is 73.9 Å². The molecule has 0 fully saturated rings. The molecule has 43 heavy (non-hydrogen) atoms. The minimum absolute atomic E-state index is 0.191. The Bertz CT molecular complexity index is 1750. The number of benzene rings is 4. The van der Waals surface area contributed by atoms with Gasteiger partial charge in [-0.2, -0.15) is 0 Å². The summed E-state index contributed by atoms with van der Waals surface area (Å²) in [5, 5.41) is 3.50. The van der Waals surface area contributed by atoms with Crippen LogP contribution < -0.4 is 10.9 Å². The Labute approximate surface area is 250 Å². The van der Waals surface area contributed by atoms with E-state index in [-0.39, 0.29) is 18.2 Å². The van der Waals surface area contributed by atoms with Crippen LogP contribution in [-0.2, 0) is 11.2 Å². The first-order chi connectivity index (χ1) is 21.0. The number of ether oxygens (including phenoxy) is 1. The first-order valence-electron chi connectivity index (χ1n) is 14.5. The molecule has 8 nitrogen and oxygen atoms in total. The van der Waals surface area contributed by atoms with Crippen molar-refractivity contribution in [3.8, 4) is 5.69 Å². The number of amides is 2. The van der Waals surface area contributed by atoms with Gasteiger partial charge < -0.3 is 15.0 Å². The highest BCUT2D eigenvalue weighted by Gasteiger charge is 2.29. The van der Waals surface area contributed by atoms with Crippen LogP contribution in [0.5, 0.6) is 0 Å². The zero-order valence-corrected chi connectivity index (χ0v) is 24.3. The standard InChI is InChI=1S/C35H34N4O4/c1-3-31(32-37-30-18-12-11-17-29(30)33(40)39(32)28-15-9-6-10-16-28)38(24-23-25-13-7-5-8-14-25)35(42)36-27-21-19-26(20-22-27)34(41)43-4-2/h5-22,31H,3-4,23-24H2,1-2H3,(H,36,42). The van der Waals surface area contributed by atoms with Crippen LogP contribution in [0, 0.1) is 0 Å². The largest absolute Gasteiger partial charge is 0.462 e. The molecule has 2 amide bonds. The predicted molar refractivity (Wildman–Crippen MR) is 169 cm³/mol. The highest BCUT2D eigenvalue weighted by molar-refractivity contribution is 5.92. The number of hydrogen-bond acceptors (Lipinski definition) is 5. The first-order valence-corrected chi connectivity index (χ1v) is 14.5. The fraction of sp³-hybridized carbons (Fsp3) is 0.200. The minimum Gasteiger partial charge on any atom is -0.462 e. The lowest BCUT2D eigenvalue weighted by Crippen LogP contribution is -2.42. The Hall–Kier alpha value is -5.24. The minimum atomic E-state index is -0.528. The van der Waals surface area contributed by atoms with E-state index in [0.717, 1.165) is 5.56 Å². The number of nitrogens with zero attached hydrogens (tertiary/aromatic N) is 3. The van der Waals surface area contributed by atoms with Crippen molar-refractivity contribution in [2.45, 2.75) is 32.7 Å². The van der Waals surface area contributed by atoms with E-state index in [1.807, 2.05) is 85.8 Å². The lowest BCUT2D eigenvalue weighted by atomic mass is 10.1. The van der Waals surface area contributed by atoms with Crippen LogP contribution in [0.2, 0.25) is 0 Å². The maximum atomic E-state index is 14.0. The summed E-state index contributed by atoms with van der Waals surface area (Å²) >= 11 is 0. The van der Waals surface area contributed by atoms with Crippen LogP contribution in [0.25, 0.3) is 16.6 Å². The molecular formula is C35H34N4O4. The Balaban J connectivity index is 1.56. The number of carbonyl (C=O) groups excluding carboxylic acids is 2. The summed E-state index contributed by atoms with van der Waals surface area (Å²) in [6.45, 7) is 4.40. The van der Waals surface area contributed by atoms with E-state index in [4.69, 9.17) is 9.72 Å². The van der Waals surface area contributed by atoms with Crippen molar-refractivity contribution < 1.29 is 14.3 Å². The summed E-state index contributed by atoms with van der Waals surface area (Å²) in [5.74, 6) is 0.0652. The number of urea groups is 1. The number of rotatable bonds is 10. The van der Waals surface area contributed by atoms with E-state index in [0.29, 0.717) is 53.1 Å². The van der Waals surface area contributed by atoms with Gasteiger partial charge in [0, 0.05) is 12.2 Å². The molecule has 218 valence electrons. The fourth-order valence-corrected chi connectivity index (χ4v) is 5.13. The molecule has 0 aliphatic carbocycles. The summed E-state index contributed by atoms with van der Waals surface area (Å²) in [7, 11) is 0. The normalized spacial score (nSPS) is 11.6. The maximum absolute atomic E-state index is 14.0. The SMILES string of the molecule is CCOC(=O)c1ccc(NC(=O)N(CCc2ccccc2)C(CC)c2nc3ccccc3c(=O)n2-c2ccccc2)cc1. The highest BCUT2D eigenvalue weighted by atomic mass is 16.5. The summed E-state index contributed by atoms with van der Waals surface area (Å²) in [5.41, 5.74) is 3.08. The molecule has 0 saturated carbocycles. The van der Waals surface area contributed by atoms with Crippen LogP contribution in [0.1, 0.15) is 48.1 Å². The number of para-hydroxylation sites is 2.